The van der Waals surface area contributed by atoms with Gasteiger partial charge in [0.1, 0.15) is 0 Å². The molecule has 20 heavy (non-hydrogen) atoms. The van der Waals surface area contributed by atoms with Gasteiger partial charge in [-0.2, -0.15) is 4.73 Å². The Hall–Kier alpha value is -3.09. The number of oxazole rings is 1. The predicted octanol–water partition coefficient (Wildman–Crippen LogP) is 1.01. The van der Waals surface area contributed by atoms with E-state index in [0.29, 0.717) is 27.1 Å². The Bertz CT molecular complexity index is 833. The number of hydrogen-bond acceptors (Lipinski definition) is 4. The predicted molar refractivity (Wildman–Crippen MR) is 70.2 cm³/mol. The summed E-state index contributed by atoms with van der Waals surface area (Å²) in [7, 11) is 0. The quantitative estimate of drug-likeness (QED) is 0.536. The first-order valence-electron chi connectivity index (χ1n) is 5.75. The summed E-state index contributed by atoms with van der Waals surface area (Å²) in [6.07, 6.45) is 2.48. The summed E-state index contributed by atoms with van der Waals surface area (Å²) < 4.78 is 5.46. The molecule has 3 aromatic rings. The Morgan fingerprint density at radius 2 is 2.00 bits per heavy atom. The van der Waals surface area contributed by atoms with E-state index in [9.17, 15) is 14.8 Å². The molecule has 0 atom stereocenters. The van der Waals surface area contributed by atoms with Crippen LogP contribution in [-0.2, 0) is 0 Å². The summed E-state index contributed by atoms with van der Waals surface area (Å²) in [5, 5.41) is 13.6. The van der Waals surface area contributed by atoms with Gasteiger partial charge in [-0.3, -0.25) is 9.78 Å². The number of aromatic amines is 1. The normalized spacial score (nSPS) is 10.6. The van der Waals surface area contributed by atoms with Crippen molar-refractivity contribution in [3.63, 3.8) is 0 Å². The Labute approximate surface area is 112 Å². The molecule has 0 saturated carbocycles. The number of anilines is 1. The molecule has 0 spiro atoms. The summed E-state index contributed by atoms with van der Waals surface area (Å²) in [6, 6.07) is 7.63. The Balaban J connectivity index is 1.86. The molecule has 3 rings (SSSR count). The molecule has 7 heteroatoms. The molecule has 0 fully saturated rings. The van der Waals surface area contributed by atoms with Crippen molar-refractivity contribution in [3.05, 3.63) is 64.0 Å². The van der Waals surface area contributed by atoms with Crippen molar-refractivity contribution in [1.29, 1.82) is 0 Å². The van der Waals surface area contributed by atoms with E-state index < -0.39 is 5.76 Å². The molecular formula is C13H9N3O4. The zero-order valence-corrected chi connectivity index (χ0v) is 10.1. The molecule has 0 bridgehead atoms. The largest absolute Gasteiger partial charge is 0.619 e. The number of benzene rings is 1. The van der Waals surface area contributed by atoms with Gasteiger partial charge in [-0.1, -0.05) is 0 Å². The number of fused-ring (bicyclic) bond motifs is 1. The zero-order valence-electron chi connectivity index (χ0n) is 10.1. The van der Waals surface area contributed by atoms with Crippen LogP contribution in [0.3, 0.4) is 0 Å². The van der Waals surface area contributed by atoms with Crippen LogP contribution in [0, 0.1) is 5.21 Å². The standard InChI is InChI=1S/C13H9N3O4/c17-12(8-3-5-16(19)6-4-8)14-9-1-2-11-10(7-9)15-13(18)20-11/h1-7H,(H,14,17)(H,15,18). The maximum Gasteiger partial charge on any atom is 0.417 e. The molecule has 0 aliphatic rings. The van der Waals surface area contributed by atoms with Gasteiger partial charge >= 0.3 is 5.76 Å². The highest BCUT2D eigenvalue weighted by Gasteiger charge is 2.08. The minimum absolute atomic E-state index is 0.351. The third kappa shape index (κ3) is 2.24. The van der Waals surface area contributed by atoms with Crippen LogP contribution < -0.4 is 15.8 Å². The van der Waals surface area contributed by atoms with Gasteiger partial charge in [0.15, 0.2) is 18.0 Å². The van der Waals surface area contributed by atoms with Crippen molar-refractivity contribution >= 4 is 22.7 Å². The van der Waals surface area contributed by atoms with Crippen molar-refractivity contribution < 1.29 is 13.9 Å². The fraction of sp³-hybridized carbons (Fsp3) is 0. The van der Waals surface area contributed by atoms with Crippen molar-refractivity contribution in [2.24, 2.45) is 0 Å². The average molecular weight is 271 g/mol. The van der Waals surface area contributed by atoms with Crippen LogP contribution in [0.1, 0.15) is 10.4 Å². The third-order valence-corrected chi connectivity index (χ3v) is 2.74. The lowest BCUT2D eigenvalue weighted by Gasteiger charge is -2.04. The molecule has 0 saturated heterocycles. The summed E-state index contributed by atoms with van der Waals surface area (Å²) in [6.45, 7) is 0. The molecule has 0 aliphatic carbocycles. The second-order valence-electron chi connectivity index (χ2n) is 4.13. The number of rotatable bonds is 2. The van der Waals surface area contributed by atoms with E-state index in [1.165, 1.54) is 24.5 Å². The van der Waals surface area contributed by atoms with Gasteiger partial charge < -0.3 is 14.9 Å². The van der Waals surface area contributed by atoms with Crippen LogP contribution in [0.15, 0.2) is 51.9 Å². The van der Waals surface area contributed by atoms with Crippen LogP contribution in [0.5, 0.6) is 0 Å². The van der Waals surface area contributed by atoms with Gasteiger partial charge in [0, 0.05) is 17.8 Å². The van der Waals surface area contributed by atoms with E-state index in [-0.39, 0.29) is 5.91 Å². The van der Waals surface area contributed by atoms with E-state index in [1.54, 1.807) is 18.2 Å². The number of aromatic nitrogens is 2. The molecule has 1 amide bonds. The van der Waals surface area contributed by atoms with Gasteiger partial charge in [0.25, 0.3) is 5.91 Å². The number of pyridine rings is 1. The molecule has 0 radical (unpaired) electrons. The monoisotopic (exact) mass is 271 g/mol. The first kappa shape index (κ1) is 12.0. The number of carbonyl (C=O) groups is 1. The van der Waals surface area contributed by atoms with Crippen molar-refractivity contribution in [1.82, 2.24) is 4.98 Å². The SMILES string of the molecule is O=C(Nc1ccc2oc(=O)[nH]c2c1)c1cc[n+]([O-])cc1. The van der Waals surface area contributed by atoms with E-state index in [4.69, 9.17) is 4.42 Å². The van der Waals surface area contributed by atoms with E-state index >= 15 is 0 Å². The highest BCUT2D eigenvalue weighted by Crippen LogP contribution is 2.16. The fourth-order valence-corrected chi connectivity index (χ4v) is 1.80. The van der Waals surface area contributed by atoms with Gasteiger partial charge in [0.2, 0.25) is 0 Å². The van der Waals surface area contributed by atoms with Crippen molar-refractivity contribution in [2.45, 2.75) is 0 Å². The molecule has 0 unspecified atom stereocenters. The third-order valence-electron chi connectivity index (χ3n) is 2.74. The maximum absolute atomic E-state index is 11.9. The minimum atomic E-state index is -0.550. The molecule has 2 heterocycles. The minimum Gasteiger partial charge on any atom is -0.619 e. The molecular weight excluding hydrogens is 262 g/mol. The summed E-state index contributed by atoms with van der Waals surface area (Å²) in [4.78, 5) is 25.5. The fourth-order valence-electron chi connectivity index (χ4n) is 1.80. The summed E-state index contributed by atoms with van der Waals surface area (Å²) in [5.74, 6) is -0.901. The molecule has 7 nitrogen and oxygen atoms in total. The molecule has 1 aromatic carbocycles. The second kappa shape index (κ2) is 4.54. The topological polar surface area (TPSA) is 102 Å². The van der Waals surface area contributed by atoms with Crippen LogP contribution in [-0.4, -0.2) is 10.9 Å². The molecule has 2 N–H and O–H groups in total. The lowest BCUT2D eigenvalue weighted by atomic mass is 10.2. The van der Waals surface area contributed by atoms with Crippen molar-refractivity contribution in [3.8, 4) is 0 Å². The number of nitrogens with one attached hydrogen (secondary N) is 2. The van der Waals surface area contributed by atoms with E-state index in [0.717, 1.165) is 0 Å². The maximum atomic E-state index is 11.9. The Morgan fingerprint density at radius 3 is 2.75 bits per heavy atom. The number of carbonyl (C=O) groups excluding carboxylic acids is 1. The number of nitrogens with zero attached hydrogens (tertiary/aromatic N) is 1. The van der Waals surface area contributed by atoms with Crippen LogP contribution in [0.25, 0.3) is 11.1 Å². The van der Waals surface area contributed by atoms with Gasteiger partial charge in [0.05, 0.1) is 11.1 Å². The average Bonchev–Trinajstić information content (AvgIpc) is 2.78. The first-order valence-corrected chi connectivity index (χ1v) is 5.75. The number of amides is 1. The number of H-pyrrole nitrogens is 1. The highest BCUT2D eigenvalue weighted by molar-refractivity contribution is 6.04. The van der Waals surface area contributed by atoms with Crippen LogP contribution >= 0.6 is 0 Å². The summed E-state index contributed by atoms with van der Waals surface area (Å²) in [5.41, 5.74) is 1.79. The Kier molecular flexibility index (Phi) is 2.72. The lowest BCUT2D eigenvalue weighted by Crippen LogP contribution is -2.25. The van der Waals surface area contributed by atoms with E-state index in [1.807, 2.05) is 0 Å². The van der Waals surface area contributed by atoms with Crippen LogP contribution in [0.2, 0.25) is 0 Å². The second-order valence-corrected chi connectivity index (χ2v) is 4.13. The van der Waals surface area contributed by atoms with Crippen molar-refractivity contribution in [2.75, 3.05) is 5.32 Å². The highest BCUT2D eigenvalue weighted by atomic mass is 16.5. The van der Waals surface area contributed by atoms with Crippen LogP contribution in [0.4, 0.5) is 5.69 Å². The lowest BCUT2D eigenvalue weighted by molar-refractivity contribution is -0.605. The molecule has 0 aliphatic heterocycles. The molecule has 2 aromatic heterocycles. The van der Waals surface area contributed by atoms with Gasteiger partial charge in [-0.25, -0.2) is 4.79 Å². The Morgan fingerprint density at radius 1 is 1.25 bits per heavy atom. The van der Waals surface area contributed by atoms with Gasteiger partial charge in [-0.15, -0.1) is 0 Å². The first-order chi connectivity index (χ1) is 9.61. The summed E-state index contributed by atoms with van der Waals surface area (Å²) >= 11 is 0. The number of hydrogen-bond donors (Lipinski definition) is 2. The van der Waals surface area contributed by atoms with E-state index in [2.05, 4.69) is 10.3 Å². The zero-order chi connectivity index (χ0) is 14.1. The smallest absolute Gasteiger partial charge is 0.417 e. The van der Waals surface area contributed by atoms with Gasteiger partial charge in [-0.05, 0) is 18.2 Å². The molecule has 100 valence electrons.